The number of carbonyl (C=O) groups is 2. The number of hydrogen-bond acceptors (Lipinski definition) is 4. The lowest BCUT2D eigenvalue weighted by atomic mass is 10.1. The van der Waals surface area contributed by atoms with E-state index in [-0.39, 0.29) is 24.3 Å². The van der Waals surface area contributed by atoms with Gasteiger partial charge in [-0.05, 0) is 64.6 Å². The van der Waals surface area contributed by atoms with E-state index in [1.165, 1.54) is 10.5 Å². The molecule has 146 valence electrons. The number of rotatable bonds is 4. The first kappa shape index (κ1) is 19.8. The second-order valence-electron chi connectivity index (χ2n) is 7.20. The highest BCUT2D eigenvalue weighted by Gasteiger charge is 2.43. The van der Waals surface area contributed by atoms with Gasteiger partial charge in [0.05, 0.1) is 18.2 Å². The predicted molar refractivity (Wildman–Crippen MR) is 118 cm³/mol. The van der Waals surface area contributed by atoms with Crippen molar-refractivity contribution in [2.24, 2.45) is 0 Å². The molecule has 0 N–H and O–H groups in total. The molecule has 0 unspecified atom stereocenters. The van der Waals surface area contributed by atoms with Gasteiger partial charge in [0, 0.05) is 41.3 Å². The smallest absolute Gasteiger partial charge is 0.251 e. The van der Waals surface area contributed by atoms with Gasteiger partial charge >= 0.3 is 0 Å². The highest BCUT2D eigenvalue weighted by atomic mass is 127. The summed E-state index contributed by atoms with van der Waals surface area (Å²) in [5.41, 5.74) is 1.90. The van der Waals surface area contributed by atoms with Crippen LogP contribution in [-0.4, -0.2) is 53.8 Å². The van der Waals surface area contributed by atoms with E-state index in [2.05, 4.69) is 32.4 Å². The van der Waals surface area contributed by atoms with Crippen LogP contribution in [0.15, 0.2) is 48.5 Å². The molecule has 2 fully saturated rings. The van der Waals surface area contributed by atoms with Crippen molar-refractivity contribution in [2.75, 3.05) is 31.1 Å². The van der Waals surface area contributed by atoms with Crippen LogP contribution < -0.4 is 4.90 Å². The number of benzene rings is 2. The zero-order valence-corrected chi connectivity index (χ0v) is 18.3. The molecule has 7 heteroatoms. The third-order valence-corrected chi connectivity index (χ3v) is 6.35. The Kier molecular flexibility index (Phi) is 6.01. The fraction of sp³-hybridized carbons (Fsp3) is 0.333. The van der Waals surface area contributed by atoms with Crippen LogP contribution in [0.5, 0.6) is 0 Å². The summed E-state index contributed by atoms with van der Waals surface area (Å²) in [6, 6.07) is 15.1. The highest BCUT2D eigenvalue weighted by Crippen LogP contribution is 2.27. The van der Waals surface area contributed by atoms with Gasteiger partial charge in [-0.3, -0.25) is 19.4 Å². The van der Waals surface area contributed by atoms with E-state index >= 15 is 0 Å². The van der Waals surface area contributed by atoms with Gasteiger partial charge in [-0.15, -0.1) is 0 Å². The number of piperazine rings is 1. The van der Waals surface area contributed by atoms with E-state index in [9.17, 15) is 9.59 Å². The molecule has 2 heterocycles. The number of nitrogens with zero attached hydrogens (tertiary/aromatic N) is 3. The van der Waals surface area contributed by atoms with Gasteiger partial charge in [0.15, 0.2) is 0 Å². The Morgan fingerprint density at radius 3 is 2.21 bits per heavy atom. The molecule has 28 heavy (non-hydrogen) atoms. The lowest BCUT2D eigenvalue weighted by Crippen LogP contribution is -2.52. The van der Waals surface area contributed by atoms with Crippen LogP contribution in [0.4, 0.5) is 5.69 Å². The van der Waals surface area contributed by atoms with Gasteiger partial charge in [0.1, 0.15) is 0 Å². The number of halogens is 2. The molecule has 2 amide bonds. The maximum absolute atomic E-state index is 12.9. The molecule has 4 rings (SSSR count). The fourth-order valence-corrected chi connectivity index (χ4v) is 4.33. The Labute approximate surface area is 183 Å². The summed E-state index contributed by atoms with van der Waals surface area (Å²) in [7, 11) is 0. The molecule has 2 aliphatic heterocycles. The summed E-state index contributed by atoms with van der Waals surface area (Å²) < 4.78 is 1.08. The standard InChI is InChI=1S/C21H21ClIN3O2/c22-16-3-1-15(2-4-16)14-24-9-11-25(12-10-24)19-13-20(27)26(21(19)28)18-7-5-17(23)6-8-18/h1-8,19H,9-14H2/t19-/m0/s1. The average Bonchev–Trinajstić information content (AvgIpc) is 2.99. The minimum absolute atomic E-state index is 0.0997. The van der Waals surface area contributed by atoms with Crippen LogP contribution in [0, 0.1) is 3.57 Å². The molecule has 0 saturated carbocycles. The second-order valence-corrected chi connectivity index (χ2v) is 8.88. The van der Waals surface area contributed by atoms with Crippen molar-refractivity contribution >= 4 is 51.7 Å². The molecule has 2 saturated heterocycles. The monoisotopic (exact) mass is 509 g/mol. The quantitative estimate of drug-likeness (QED) is 0.468. The SMILES string of the molecule is O=C1C[C@H](N2CCN(Cc3ccc(Cl)cc3)CC2)C(=O)N1c1ccc(I)cc1. The van der Waals surface area contributed by atoms with Gasteiger partial charge in [-0.25, -0.2) is 4.90 Å². The molecule has 0 radical (unpaired) electrons. The summed E-state index contributed by atoms with van der Waals surface area (Å²) >= 11 is 8.16. The van der Waals surface area contributed by atoms with E-state index in [0.29, 0.717) is 5.69 Å². The van der Waals surface area contributed by atoms with E-state index in [0.717, 1.165) is 41.3 Å². The number of hydrogen-bond donors (Lipinski definition) is 0. The fourth-order valence-electron chi connectivity index (χ4n) is 3.84. The van der Waals surface area contributed by atoms with E-state index in [1.807, 2.05) is 48.5 Å². The molecule has 2 aromatic rings. The van der Waals surface area contributed by atoms with Crippen molar-refractivity contribution in [1.82, 2.24) is 9.80 Å². The minimum Gasteiger partial charge on any atom is -0.297 e. The maximum atomic E-state index is 12.9. The van der Waals surface area contributed by atoms with Gasteiger partial charge in [-0.1, -0.05) is 23.7 Å². The van der Waals surface area contributed by atoms with Crippen molar-refractivity contribution in [3.8, 4) is 0 Å². The maximum Gasteiger partial charge on any atom is 0.251 e. The lowest BCUT2D eigenvalue weighted by Gasteiger charge is -2.37. The first-order valence-electron chi connectivity index (χ1n) is 9.34. The van der Waals surface area contributed by atoms with Crippen molar-refractivity contribution in [3.63, 3.8) is 0 Å². The predicted octanol–water partition coefficient (Wildman–Crippen LogP) is 3.39. The molecule has 2 aliphatic rings. The van der Waals surface area contributed by atoms with Gasteiger partial charge in [0.25, 0.3) is 5.91 Å². The molecule has 0 bridgehead atoms. The average molecular weight is 510 g/mol. The van der Waals surface area contributed by atoms with Crippen LogP contribution in [0.25, 0.3) is 0 Å². The summed E-state index contributed by atoms with van der Waals surface area (Å²) in [4.78, 5) is 31.3. The zero-order chi connectivity index (χ0) is 19.7. The van der Waals surface area contributed by atoms with Crippen molar-refractivity contribution in [3.05, 3.63) is 62.7 Å². The highest BCUT2D eigenvalue weighted by molar-refractivity contribution is 14.1. The molecular weight excluding hydrogens is 489 g/mol. The Morgan fingerprint density at radius 2 is 1.57 bits per heavy atom. The molecule has 1 atom stereocenters. The Bertz CT molecular complexity index is 864. The molecule has 2 aromatic carbocycles. The number of anilines is 1. The van der Waals surface area contributed by atoms with Crippen molar-refractivity contribution in [1.29, 1.82) is 0 Å². The third-order valence-electron chi connectivity index (χ3n) is 5.37. The Balaban J connectivity index is 1.37. The Morgan fingerprint density at radius 1 is 0.929 bits per heavy atom. The molecular formula is C21H21ClIN3O2. The number of carbonyl (C=O) groups excluding carboxylic acids is 2. The molecule has 5 nitrogen and oxygen atoms in total. The number of imide groups is 1. The van der Waals surface area contributed by atoms with Crippen LogP contribution in [0.1, 0.15) is 12.0 Å². The molecule has 0 aromatic heterocycles. The van der Waals surface area contributed by atoms with Crippen molar-refractivity contribution < 1.29 is 9.59 Å². The largest absolute Gasteiger partial charge is 0.297 e. The van der Waals surface area contributed by atoms with Gasteiger partial charge in [-0.2, -0.15) is 0 Å². The minimum atomic E-state index is -0.343. The Hall–Kier alpha value is -1.48. The normalized spacial score (nSPS) is 21.5. The molecule has 0 spiro atoms. The molecule has 0 aliphatic carbocycles. The van der Waals surface area contributed by atoms with E-state index in [1.54, 1.807) is 0 Å². The first-order valence-corrected chi connectivity index (χ1v) is 10.8. The topological polar surface area (TPSA) is 43.9 Å². The summed E-state index contributed by atoms with van der Waals surface area (Å²) in [5.74, 6) is -0.211. The van der Waals surface area contributed by atoms with Crippen LogP contribution in [-0.2, 0) is 16.1 Å². The van der Waals surface area contributed by atoms with Gasteiger partial charge < -0.3 is 0 Å². The van der Waals surface area contributed by atoms with Crippen molar-refractivity contribution in [2.45, 2.75) is 19.0 Å². The number of amides is 2. The van der Waals surface area contributed by atoms with Gasteiger partial charge in [0.2, 0.25) is 5.91 Å². The van der Waals surface area contributed by atoms with Crippen LogP contribution in [0.2, 0.25) is 5.02 Å². The van der Waals surface area contributed by atoms with Crippen LogP contribution in [0.3, 0.4) is 0 Å². The first-order chi connectivity index (χ1) is 13.5. The summed E-state index contributed by atoms with van der Waals surface area (Å²) in [6.45, 7) is 4.21. The van der Waals surface area contributed by atoms with Crippen LogP contribution >= 0.6 is 34.2 Å². The summed E-state index contributed by atoms with van der Waals surface area (Å²) in [6.07, 6.45) is 0.266. The third kappa shape index (κ3) is 4.25. The summed E-state index contributed by atoms with van der Waals surface area (Å²) in [5, 5.41) is 0.746. The second kappa shape index (κ2) is 8.49. The lowest BCUT2D eigenvalue weighted by molar-refractivity contribution is -0.123. The van der Waals surface area contributed by atoms with E-state index in [4.69, 9.17) is 11.6 Å². The zero-order valence-electron chi connectivity index (χ0n) is 15.4. The van der Waals surface area contributed by atoms with E-state index < -0.39 is 0 Å².